The first-order chi connectivity index (χ1) is 12.6. The Bertz CT molecular complexity index is 951. The first-order valence-corrected chi connectivity index (χ1v) is 7.97. The average Bonchev–Trinajstić information content (AvgIpc) is 3.14. The second-order valence-electron chi connectivity index (χ2n) is 5.27. The molecule has 0 aliphatic heterocycles. The minimum absolute atomic E-state index is 0.0560. The number of methoxy groups -OCH3 is 1. The van der Waals surface area contributed by atoms with E-state index in [2.05, 4.69) is 20.7 Å². The van der Waals surface area contributed by atoms with Gasteiger partial charge in [0.05, 0.1) is 19.0 Å². The van der Waals surface area contributed by atoms with Crippen LogP contribution in [0.3, 0.4) is 0 Å². The molecule has 3 N–H and O–H groups in total. The number of halogens is 1. The zero-order chi connectivity index (χ0) is 18.5. The predicted molar refractivity (Wildman–Crippen MR) is 98.8 cm³/mol. The second kappa shape index (κ2) is 7.71. The molecule has 0 spiro atoms. The van der Waals surface area contributed by atoms with Gasteiger partial charge in [-0.05, 0) is 30.3 Å². The number of hydrogen-bond acceptors (Lipinski definition) is 5. The number of aromatic hydroxyl groups is 1. The fourth-order valence-corrected chi connectivity index (χ4v) is 2.36. The predicted octanol–water partition coefficient (Wildman–Crippen LogP) is 3.21. The Labute approximate surface area is 154 Å². The van der Waals surface area contributed by atoms with Crippen LogP contribution in [0.4, 0.5) is 0 Å². The first-order valence-electron chi connectivity index (χ1n) is 7.59. The summed E-state index contributed by atoms with van der Waals surface area (Å²) < 4.78 is 5.01. The van der Waals surface area contributed by atoms with Crippen LogP contribution in [0, 0.1) is 0 Å². The number of nitrogens with one attached hydrogen (secondary N) is 2. The molecule has 1 amide bonds. The van der Waals surface area contributed by atoms with Gasteiger partial charge in [-0.3, -0.25) is 9.89 Å². The lowest BCUT2D eigenvalue weighted by atomic mass is 10.1. The summed E-state index contributed by atoms with van der Waals surface area (Å²) >= 11 is 5.86. The summed E-state index contributed by atoms with van der Waals surface area (Å²) in [5, 5.41) is 21.2. The molecular weight excluding hydrogens is 356 g/mol. The molecule has 8 heteroatoms. The highest BCUT2D eigenvalue weighted by Crippen LogP contribution is 2.27. The van der Waals surface area contributed by atoms with E-state index in [-0.39, 0.29) is 11.4 Å². The molecular formula is C18H15ClN4O3. The molecule has 0 unspecified atom stereocenters. The quantitative estimate of drug-likeness (QED) is 0.474. The maximum Gasteiger partial charge on any atom is 0.289 e. The summed E-state index contributed by atoms with van der Waals surface area (Å²) in [6.07, 6.45) is 1.33. The van der Waals surface area contributed by atoms with Gasteiger partial charge in [0.2, 0.25) is 0 Å². The average molecular weight is 371 g/mol. The maximum atomic E-state index is 12.1. The van der Waals surface area contributed by atoms with Gasteiger partial charge in [0.15, 0.2) is 11.5 Å². The number of para-hydroxylation sites is 1. The van der Waals surface area contributed by atoms with E-state index in [4.69, 9.17) is 16.3 Å². The number of H-pyrrole nitrogens is 1. The normalized spacial score (nSPS) is 10.8. The van der Waals surface area contributed by atoms with Gasteiger partial charge < -0.3 is 9.84 Å². The first kappa shape index (κ1) is 17.5. The van der Waals surface area contributed by atoms with Crippen molar-refractivity contribution in [3.63, 3.8) is 0 Å². The zero-order valence-electron chi connectivity index (χ0n) is 13.7. The third-order valence-electron chi connectivity index (χ3n) is 3.58. The van der Waals surface area contributed by atoms with Gasteiger partial charge >= 0.3 is 0 Å². The van der Waals surface area contributed by atoms with E-state index in [9.17, 15) is 9.90 Å². The van der Waals surface area contributed by atoms with Crippen LogP contribution in [0.2, 0.25) is 5.02 Å². The standard InChI is InChI=1S/C18H15ClN4O3/c1-26-16-4-2-3-12(17(16)24)10-20-23-18(25)15-9-14(21-22-15)11-5-7-13(19)8-6-11/h2-10,24H,1H3,(H,21,22)(H,23,25). The number of nitrogens with zero attached hydrogens (tertiary/aromatic N) is 2. The lowest BCUT2D eigenvalue weighted by molar-refractivity contribution is 0.0950. The summed E-state index contributed by atoms with van der Waals surface area (Å²) in [6.45, 7) is 0. The molecule has 0 atom stereocenters. The molecule has 1 heterocycles. The van der Waals surface area contributed by atoms with Gasteiger partial charge in [-0.1, -0.05) is 29.8 Å². The van der Waals surface area contributed by atoms with Crippen molar-refractivity contribution in [3.05, 3.63) is 64.8 Å². The topological polar surface area (TPSA) is 99.6 Å². The van der Waals surface area contributed by atoms with Crippen molar-refractivity contribution in [3.8, 4) is 22.8 Å². The molecule has 132 valence electrons. The van der Waals surface area contributed by atoms with Crippen molar-refractivity contribution in [1.29, 1.82) is 0 Å². The molecule has 0 aliphatic carbocycles. The molecule has 0 aliphatic rings. The lowest BCUT2D eigenvalue weighted by Crippen LogP contribution is -2.18. The van der Waals surface area contributed by atoms with E-state index in [0.29, 0.717) is 22.0 Å². The van der Waals surface area contributed by atoms with E-state index in [1.54, 1.807) is 36.4 Å². The number of carbonyl (C=O) groups is 1. The number of rotatable bonds is 5. The Balaban J connectivity index is 1.68. The van der Waals surface area contributed by atoms with E-state index in [1.165, 1.54) is 13.3 Å². The molecule has 3 rings (SSSR count). The monoisotopic (exact) mass is 370 g/mol. The molecule has 3 aromatic rings. The third kappa shape index (κ3) is 3.84. The van der Waals surface area contributed by atoms with Crippen LogP contribution >= 0.6 is 11.6 Å². The van der Waals surface area contributed by atoms with Crippen LogP contribution in [0.15, 0.2) is 53.6 Å². The number of aromatic nitrogens is 2. The number of ether oxygens (including phenoxy) is 1. The van der Waals surface area contributed by atoms with Crippen molar-refractivity contribution in [2.45, 2.75) is 0 Å². The SMILES string of the molecule is COc1cccc(C=NNC(=O)c2cc(-c3ccc(Cl)cc3)n[nH]2)c1O. The summed E-state index contributed by atoms with van der Waals surface area (Å²) in [4.78, 5) is 12.1. The number of phenols is 1. The molecule has 7 nitrogen and oxygen atoms in total. The third-order valence-corrected chi connectivity index (χ3v) is 3.83. The Morgan fingerprint density at radius 3 is 2.81 bits per heavy atom. The highest BCUT2D eigenvalue weighted by atomic mass is 35.5. The van der Waals surface area contributed by atoms with Gasteiger partial charge in [-0.25, -0.2) is 5.43 Å². The zero-order valence-corrected chi connectivity index (χ0v) is 14.5. The largest absolute Gasteiger partial charge is 0.504 e. The molecule has 1 aromatic heterocycles. The van der Waals surface area contributed by atoms with Crippen molar-refractivity contribution >= 4 is 23.7 Å². The van der Waals surface area contributed by atoms with Gasteiger partial charge in [-0.2, -0.15) is 10.2 Å². The van der Waals surface area contributed by atoms with E-state index in [1.807, 2.05) is 12.1 Å². The Morgan fingerprint density at radius 1 is 1.31 bits per heavy atom. The number of benzene rings is 2. The summed E-state index contributed by atoms with van der Waals surface area (Å²) in [5.41, 5.74) is 4.48. The van der Waals surface area contributed by atoms with Crippen molar-refractivity contribution < 1.29 is 14.6 Å². The minimum Gasteiger partial charge on any atom is -0.504 e. The van der Waals surface area contributed by atoms with E-state index < -0.39 is 5.91 Å². The van der Waals surface area contributed by atoms with Crippen molar-refractivity contribution in [2.24, 2.45) is 5.10 Å². The van der Waals surface area contributed by atoms with Gasteiger partial charge in [0.25, 0.3) is 5.91 Å². The molecule has 0 bridgehead atoms. The number of phenolic OH excluding ortho intramolecular Hbond substituents is 1. The number of amides is 1. The van der Waals surface area contributed by atoms with Crippen LogP contribution in [-0.2, 0) is 0 Å². The highest BCUT2D eigenvalue weighted by Gasteiger charge is 2.11. The second-order valence-corrected chi connectivity index (χ2v) is 5.71. The molecule has 0 fully saturated rings. The lowest BCUT2D eigenvalue weighted by Gasteiger charge is -2.04. The Kier molecular flexibility index (Phi) is 5.19. The molecule has 26 heavy (non-hydrogen) atoms. The van der Waals surface area contributed by atoms with Crippen LogP contribution in [0.25, 0.3) is 11.3 Å². The van der Waals surface area contributed by atoms with Crippen molar-refractivity contribution in [2.75, 3.05) is 7.11 Å². The molecule has 2 aromatic carbocycles. The van der Waals surface area contributed by atoms with Crippen LogP contribution < -0.4 is 10.2 Å². The number of hydrazone groups is 1. The highest BCUT2D eigenvalue weighted by molar-refractivity contribution is 6.30. The van der Waals surface area contributed by atoms with E-state index >= 15 is 0 Å². The van der Waals surface area contributed by atoms with E-state index in [0.717, 1.165) is 5.56 Å². The smallest absolute Gasteiger partial charge is 0.289 e. The summed E-state index contributed by atoms with van der Waals surface area (Å²) in [5.74, 6) is -0.197. The van der Waals surface area contributed by atoms with Crippen molar-refractivity contribution in [1.82, 2.24) is 15.6 Å². The minimum atomic E-state index is -0.462. The number of aromatic amines is 1. The number of carbonyl (C=O) groups excluding carboxylic acids is 1. The van der Waals surface area contributed by atoms with Gasteiger partial charge in [-0.15, -0.1) is 0 Å². The van der Waals surface area contributed by atoms with Gasteiger partial charge in [0, 0.05) is 16.1 Å². The van der Waals surface area contributed by atoms with Crippen LogP contribution in [0.1, 0.15) is 16.1 Å². The number of hydrogen-bond donors (Lipinski definition) is 3. The fraction of sp³-hybridized carbons (Fsp3) is 0.0556. The summed E-state index contributed by atoms with van der Waals surface area (Å²) in [7, 11) is 1.45. The Hall–Kier alpha value is -3.32. The van der Waals surface area contributed by atoms with Crippen LogP contribution in [0.5, 0.6) is 11.5 Å². The van der Waals surface area contributed by atoms with Crippen LogP contribution in [-0.4, -0.2) is 34.5 Å². The molecule has 0 radical (unpaired) electrons. The summed E-state index contributed by atoms with van der Waals surface area (Å²) in [6, 6.07) is 13.7. The maximum absolute atomic E-state index is 12.1. The van der Waals surface area contributed by atoms with Gasteiger partial charge in [0.1, 0.15) is 5.69 Å². The fourth-order valence-electron chi connectivity index (χ4n) is 2.24. The Morgan fingerprint density at radius 2 is 2.08 bits per heavy atom. The molecule has 0 saturated carbocycles. The molecule has 0 saturated heterocycles.